The molecule has 2 heteroatoms. The van der Waals surface area contributed by atoms with Crippen LogP contribution in [-0.2, 0) is 9.53 Å². The van der Waals surface area contributed by atoms with Crippen LogP contribution < -0.4 is 0 Å². The lowest BCUT2D eigenvalue weighted by molar-refractivity contribution is -0.137. The number of allylic oxidation sites excluding steroid dienone is 1. The van der Waals surface area contributed by atoms with Crippen LogP contribution >= 0.6 is 0 Å². The Labute approximate surface area is 119 Å². The van der Waals surface area contributed by atoms with Gasteiger partial charge >= 0.3 is 5.97 Å². The van der Waals surface area contributed by atoms with Gasteiger partial charge in [0.15, 0.2) is 0 Å². The zero-order valence-corrected chi connectivity index (χ0v) is 13.0. The Balaban J connectivity index is 3.12. The summed E-state index contributed by atoms with van der Waals surface area (Å²) in [6.07, 6.45) is 18.0. The fraction of sp³-hybridized carbons (Fsp3) is 0.824. The van der Waals surface area contributed by atoms with Crippen LogP contribution in [0.25, 0.3) is 0 Å². The summed E-state index contributed by atoms with van der Waals surface area (Å²) in [4.78, 5) is 11.0. The molecule has 0 radical (unpaired) electrons. The van der Waals surface area contributed by atoms with Gasteiger partial charge in [-0.3, -0.25) is 0 Å². The van der Waals surface area contributed by atoms with Crippen molar-refractivity contribution in [2.24, 2.45) is 0 Å². The summed E-state index contributed by atoms with van der Waals surface area (Å²) in [6, 6.07) is 0. The molecule has 112 valence electrons. The molecule has 0 rings (SSSR count). The minimum atomic E-state index is -0.213. The van der Waals surface area contributed by atoms with E-state index in [2.05, 4.69) is 6.92 Å². The zero-order chi connectivity index (χ0) is 14.2. The number of carbonyl (C=O) groups excluding carboxylic acids is 1. The van der Waals surface area contributed by atoms with Gasteiger partial charge in [0.05, 0.1) is 6.61 Å². The molecule has 0 atom stereocenters. The van der Waals surface area contributed by atoms with Gasteiger partial charge in [-0.1, -0.05) is 70.8 Å². The summed E-state index contributed by atoms with van der Waals surface area (Å²) in [5, 5.41) is 0. The van der Waals surface area contributed by atoms with Crippen LogP contribution in [0.4, 0.5) is 0 Å². The van der Waals surface area contributed by atoms with Crippen molar-refractivity contribution < 1.29 is 9.53 Å². The summed E-state index contributed by atoms with van der Waals surface area (Å²) in [5.74, 6) is -0.213. The second-order valence-corrected chi connectivity index (χ2v) is 5.13. The molecule has 0 aliphatic carbocycles. The second-order valence-electron chi connectivity index (χ2n) is 5.13. The van der Waals surface area contributed by atoms with E-state index in [1.807, 2.05) is 13.0 Å². The van der Waals surface area contributed by atoms with Crippen LogP contribution in [0.5, 0.6) is 0 Å². The predicted molar refractivity (Wildman–Crippen MR) is 82.2 cm³/mol. The Kier molecular flexibility index (Phi) is 14.6. The summed E-state index contributed by atoms with van der Waals surface area (Å²) in [5.41, 5.74) is 0. The molecule has 0 saturated heterocycles. The molecule has 0 aromatic carbocycles. The average Bonchev–Trinajstić information content (AvgIpc) is 2.40. The standard InChI is InChI=1S/C17H32O2/c1-3-5-6-7-8-9-10-11-12-13-14-15-16-17(18)19-4-2/h15-16H,3-14H2,1-2H3/b16-15-. The van der Waals surface area contributed by atoms with Gasteiger partial charge in [-0.15, -0.1) is 0 Å². The van der Waals surface area contributed by atoms with E-state index in [1.165, 1.54) is 64.2 Å². The highest BCUT2D eigenvalue weighted by Gasteiger charge is 1.93. The molecule has 0 aromatic rings. The lowest BCUT2D eigenvalue weighted by Gasteiger charge is -2.01. The quantitative estimate of drug-likeness (QED) is 0.253. The van der Waals surface area contributed by atoms with Crippen LogP contribution in [0.1, 0.15) is 84.5 Å². The molecular formula is C17H32O2. The fourth-order valence-electron chi connectivity index (χ4n) is 2.12. The molecule has 19 heavy (non-hydrogen) atoms. The van der Waals surface area contributed by atoms with E-state index in [0.717, 1.165) is 6.42 Å². The molecule has 0 amide bonds. The normalized spacial score (nSPS) is 11.1. The molecule has 0 heterocycles. The van der Waals surface area contributed by atoms with Crippen molar-refractivity contribution in [1.29, 1.82) is 0 Å². The molecule has 0 saturated carbocycles. The summed E-state index contributed by atoms with van der Waals surface area (Å²) >= 11 is 0. The lowest BCUT2D eigenvalue weighted by atomic mass is 10.1. The highest BCUT2D eigenvalue weighted by atomic mass is 16.5. The molecule has 0 bridgehead atoms. The zero-order valence-electron chi connectivity index (χ0n) is 13.0. The van der Waals surface area contributed by atoms with Crippen LogP contribution in [0.2, 0.25) is 0 Å². The highest BCUT2D eigenvalue weighted by molar-refractivity contribution is 5.81. The van der Waals surface area contributed by atoms with E-state index in [0.29, 0.717) is 6.61 Å². The summed E-state index contributed by atoms with van der Waals surface area (Å²) in [6.45, 7) is 4.55. The van der Waals surface area contributed by atoms with Gasteiger partial charge in [-0.05, 0) is 19.8 Å². The number of hydrogen-bond donors (Lipinski definition) is 0. The van der Waals surface area contributed by atoms with Crippen LogP contribution in [0, 0.1) is 0 Å². The third-order valence-corrected chi connectivity index (χ3v) is 3.26. The van der Waals surface area contributed by atoms with Gasteiger partial charge in [0.1, 0.15) is 0 Å². The Hall–Kier alpha value is -0.790. The van der Waals surface area contributed by atoms with Crippen molar-refractivity contribution in [2.75, 3.05) is 6.61 Å². The van der Waals surface area contributed by atoms with Gasteiger partial charge in [0.25, 0.3) is 0 Å². The van der Waals surface area contributed by atoms with E-state index in [1.54, 1.807) is 6.08 Å². The first kappa shape index (κ1) is 18.2. The summed E-state index contributed by atoms with van der Waals surface area (Å²) < 4.78 is 4.82. The van der Waals surface area contributed by atoms with Gasteiger partial charge in [0.2, 0.25) is 0 Å². The first-order valence-corrected chi connectivity index (χ1v) is 8.14. The molecule has 0 unspecified atom stereocenters. The van der Waals surface area contributed by atoms with Gasteiger partial charge < -0.3 is 4.74 Å². The van der Waals surface area contributed by atoms with Gasteiger partial charge in [-0.25, -0.2) is 4.79 Å². The topological polar surface area (TPSA) is 26.3 Å². The Morgan fingerprint density at radius 1 is 0.842 bits per heavy atom. The third kappa shape index (κ3) is 15.2. The Morgan fingerprint density at radius 3 is 1.89 bits per heavy atom. The largest absolute Gasteiger partial charge is 0.463 e. The summed E-state index contributed by atoms with van der Waals surface area (Å²) in [7, 11) is 0. The van der Waals surface area contributed by atoms with E-state index in [9.17, 15) is 4.79 Å². The number of esters is 1. The minimum absolute atomic E-state index is 0.213. The maximum absolute atomic E-state index is 11.0. The van der Waals surface area contributed by atoms with Gasteiger partial charge in [-0.2, -0.15) is 0 Å². The third-order valence-electron chi connectivity index (χ3n) is 3.26. The van der Waals surface area contributed by atoms with Crippen molar-refractivity contribution >= 4 is 5.97 Å². The molecule has 0 fully saturated rings. The van der Waals surface area contributed by atoms with E-state index < -0.39 is 0 Å². The predicted octanol–water partition coefficient (Wildman–Crippen LogP) is 5.42. The van der Waals surface area contributed by atoms with Crippen LogP contribution in [0.15, 0.2) is 12.2 Å². The monoisotopic (exact) mass is 268 g/mol. The minimum Gasteiger partial charge on any atom is -0.463 e. The molecular weight excluding hydrogens is 236 g/mol. The van der Waals surface area contributed by atoms with Gasteiger partial charge in [0, 0.05) is 6.08 Å². The molecule has 0 aliphatic heterocycles. The van der Waals surface area contributed by atoms with E-state index in [4.69, 9.17) is 4.74 Å². The highest BCUT2D eigenvalue weighted by Crippen LogP contribution is 2.11. The number of rotatable bonds is 13. The first-order chi connectivity index (χ1) is 9.31. The number of carbonyl (C=O) groups is 1. The van der Waals surface area contributed by atoms with Crippen molar-refractivity contribution in [3.05, 3.63) is 12.2 Å². The Bertz CT molecular complexity index is 221. The van der Waals surface area contributed by atoms with Crippen molar-refractivity contribution in [3.63, 3.8) is 0 Å². The maximum atomic E-state index is 11.0. The fourth-order valence-corrected chi connectivity index (χ4v) is 2.12. The number of hydrogen-bond acceptors (Lipinski definition) is 2. The van der Waals surface area contributed by atoms with Crippen LogP contribution in [0.3, 0.4) is 0 Å². The Morgan fingerprint density at radius 2 is 1.37 bits per heavy atom. The molecule has 0 aromatic heterocycles. The SMILES string of the molecule is CCCCCCCCCCCC/C=C\C(=O)OCC. The number of ether oxygens (including phenoxy) is 1. The first-order valence-electron chi connectivity index (χ1n) is 8.14. The molecule has 2 nitrogen and oxygen atoms in total. The van der Waals surface area contributed by atoms with E-state index in [-0.39, 0.29) is 5.97 Å². The molecule has 0 N–H and O–H groups in total. The van der Waals surface area contributed by atoms with Crippen molar-refractivity contribution in [2.45, 2.75) is 84.5 Å². The average molecular weight is 268 g/mol. The van der Waals surface area contributed by atoms with Crippen molar-refractivity contribution in [3.8, 4) is 0 Å². The molecule has 0 spiro atoms. The van der Waals surface area contributed by atoms with Crippen molar-refractivity contribution in [1.82, 2.24) is 0 Å². The number of unbranched alkanes of at least 4 members (excludes halogenated alkanes) is 10. The van der Waals surface area contributed by atoms with E-state index >= 15 is 0 Å². The second kappa shape index (κ2) is 15.3. The lowest BCUT2D eigenvalue weighted by Crippen LogP contribution is -1.98. The van der Waals surface area contributed by atoms with Crippen LogP contribution in [-0.4, -0.2) is 12.6 Å². The smallest absolute Gasteiger partial charge is 0.330 e. The maximum Gasteiger partial charge on any atom is 0.330 e. The molecule has 0 aliphatic rings.